The van der Waals surface area contributed by atoms with Crippen LogP contribution >= 0.6 is 6.72 Å². The minimum Gasteiger partial charge on any atom is -0.417 e. The van der Waals surface area contributed by atoms with Crippen LogP contribution in [0, 0.1) is 17.0 Å². The molecule has 0 radical (unpaired) electrons. The molecular formula is C9H12NO5PS. The first-order valence-corrected chi connectivity index (χ1v) is 7.14. The van der Waals surface area contributed by atoms with Crippen LogP contribution in [0.4, 0.5) is 5.69 Å². The van der Waals surface area contributed by atoms with Gasteiger partial charge < -0.3 is 13.6 Å². The number of hydrogen-bond donors (Lipinski definition) is 0. The molecular weight excluding hydrogens is 265 g/mol. The molecule has 0 aliphatic heterocycles. The Bertz CT molecular complexity index is 470. The van der Waals surface area contributed by atoms with Gasteiger partial charge in [0.15, 0.2) is 0 Å². The molecule has 0 spiro atoms. The van der Waals surface area contributed by atoms with Crippen LogP contribution < -0.4 is 4.52 Å². The quantitative estimate of drug-likeness (QED) is 0.468. The highest BCUT2D eigenvalue weighted by Gasteiger charge is 2.25. The van der Waals surface area contributed by atoms with Gasteiger partial charge in [-0.05, 0) is 13.0 Å². The van der Waals surface area contributed by atoms with Gasteiger partial charge >= 0.3 is 12.4 Å². The monoisotopic (exact) mass is 277 g/mol. The molecule has 0 heterocycles. The maximum atomic E-state index is 10.9. The lowest BCUT2D eigenvalue weighted by Gasteiger charge is -2.18. The van der Waals surface area contributed by atoms with Crippen LogP contribution in [0.1, 0.15) is 5.56 Å². The van der Waals surface area contributed by atoms with Gasteiger partial charge in [-0.15, -0.1) is 0 Å². The fourth-order valence-corrected chi connectivity index (χ4v) is 2.14. The molecule has 0 saturated heterocycles. The zero-order valence-electron chi connectivity index (χ0n) is 9.58. The first kappa shape index (κ1) is 14.1. The van der Waals surface area contributed by atoms with E-state index in [1.54, 1.807) is 19.1 Å². The van der Waals surface area contributed by atoms with Crippen molar-refractivity contribution in [2.45, 2.75) is 6.92 Å². The van der Waals surface area contributed by atoms with E-state index in [1.165, 1.54) is 20.3 Å². The molecule has 0 N–H and O–H groups in total. The van der Waals surface area contributed by atoms with Gasteiger partial charge in [-0.2, -0.15) is 0 Å². The Hall–Kier alpha value is -1.01. The Balaban J connectivity index is 3.19. The van der Waals surface area contributed by atoms with E-state index in [-0.39, 0.29) is 11.4 Å². The predicted octanol–water partition coefficient (Wildman–Crippen LogP) is 2.80. The van der Waals surface area contributed by atoms with Crippen molar-refractivity contribution < 1.29 is 18.5 Å². The minimum absolute atomic E-state index is 0.0574. The van der Waals surface area contributed by atoms with Crippen molar-refractivity contribution in [2.24, 2.45) is 0 Å². The molecule has 1 aromatic rings. The summed E-state index contributed by atoms with van der Waals surface area (Å²) in [6.07, 6.45) is 0. The average molecular weight is 277 g/mol. The van der Waals surface area contributed by atoms with Crippen LogP contribution in [0.25, 0.3) is 0 Å². The molecule has 94 valence electrons. The molecule has 1 aromatic carbocycles. The average Bonchev–Trinajstić information content (AvgIpc) is 2.28. The fraction of sp³-hybridized carbons (Fsp3) is 0.333. The molecule has 0 atom stereocenters. The first-order chi connectivity index (χ1) is 7.93. The number of rotatable bonds is 5. The van der Waals surface area contributed by atoms with Crippen LogP contribution in [-0.2, 0) is 20.9 Å². The van der Waals surface area contributed by atoms with Crippen molar-refractivity contribution in [1.29, 1.82) is 0 Å². The number of aryl methyl sites for hydroxylation is 1. The summed E-state index contributed by atoms with van der Waals surface area (Å²) < 4.78 is 15.2. The van der Waals surface area contributed by atoms with Gasteiger partial charge in [-0.25, -0.2) is 0 Å². The summed E-state index contributed by atoms with van der Waals surface area (Å²) in [7, 11) is 2.68. The van der Waals surface area contributed by atoms with Crippen LogP contribution in [0.3, 0.4) is 0 Å². The molecule has 0 aliphatic rings. The van der Waals surface area contributed by atoms with E-state index in [0.717, 1.165) is 0 Å². The second-order valence-corrected chi connectivity index (χ2v) is 6.23. The van der Waals surface area contributed by atoms with Gasteiger partial charge in [0.2, 0.25) is 5.75 Å². The number of nitro benzene ring substituents is 1. The molecule has 1 rings (SSSR count). The molecule has 17 heavy (non-hydrogen) atoms. The van der Waals surface area contributed by atoms with Gasteiger partial charge in [-0.3, -0.25) is 10.1 Å². The number of para-hydroxylation sites is 1. The minimum atomic E-state index is -2.96. The highest BCUT2D eigenvalue weighted by molar-refractivity contribution is 8.07. The van der Waals surface area contributed by atoms with E-state index in [2.05, 4.69) is 0 Å². The van der Waals surface area contributed by atoms with E-state index in [1.807, 2.05) is 0 Å². The van der Waals surface area contributed by atoms with E-state index in [9.17, 15) is 10.1 Å². The third-order valence-electron chi connectivity index (χ3n) is 2.04. The molecule has 6 nitrogen and oxygen atoms in total. The molecule has 0 fully saturated rings. The Morgan fingerprint density at radius 2 is 1.94 bits per heavy atom. The Kier molecular flexibility index (Phi) is 4.59. The maximum Gasteiger partial charge on any atom is 0.380 e. The molecule has 0 aromatic heterocycles. The fourth-order valence-electron chi connectivity index (χ4n) is 1.21. The van der Waals surface area contributed by atoms with Crippen molar-refractivity contribution in [3.05, 3.63) is 33.9 Å². The smallest absolute Gasteiger partial charge is 0.380 e. The lowest BCUT2D eigenvalue weighted by atomic mass is 10.2. The number of nitro groups is 1. The highest BCUT2D eigenvalue weighted by Crippen LogP contribution is 2.50. The third-order valence-corrected chi connectivity index (χ3v) is 4.47. The molecule has 8 heteroatoms. The Labute approximate surface area is 104 Å². The topological polar surface area (TPSA) is 70.8 Å². The van der Waals surface area contributed by atoms with Crippen LogP contribution in [0.5, 0.6) is 5.75 Å². The first-order valence-electron chi connectivity index (χ1n) is 4.58. The number of nitrogens with zero attached hydrogens (tertiary/aromatic N) is 1. The molecule has 0 unspecified atom stereocenters. The van der Waals surface area contributed by atoms with E-state index >= 15 is 0 Å². The van der Waals surface area contributed by atoms with Crippen LogP contribution in [-0.4, -0.2) is 19.1 Å². The lowest BCUT2D eigenvalue weighted by Crippen LogP contribution is -2.01. The van der Waals surface area contributed by atoms with Gasteiger partial charge in [0, 0.05) is 31.6 Å². The summed E-state index contributed by atoms with van der Waals surface area (Å²) in [5, 5.41) is 10.9. The summed E-state index contributed by atoms with van der Waals surface area (Å²) in [5.41, 5.74) is 0.358. The molecule has 0 bridgehead atoms. The van der Waals surface area contributed by atoms with Crippen molar-refractivity contribution in [1.82, 2.24) is 0 Å². The summed E-state index contributed by atoms with van der Waals surface area (Å²) in [6, 6.07) is 4.72. The van der Waals surface area contributed by atoms with Crippen LogP contribution in [0.2, 0.25) is 0 Å². The van der Waals surface area contributed by atoms with E-state index < -0.39 is 11.6 Å². The Morgan fingerprint density at radius 3 is 2.41 bits per heavy atom. The number of benzene rings is 1. The van der Waals surface area contributed by atoms with Crippen molar-refractivity contribution in [3.8, 4) is 5.75 Å². The van der Waals surface area contributed by atoms with E-state index in [4.69, 9.17) is 25.4 Å². The predicted molar refractivity (Wildman–Crippen MR) is 66.8 cm³/mol. The summed E-state index contributed by atoms with van der Waals surface area (Å²) in [5.74, 6) is 0.0574. The lowest BCUT2D eigenvalue weighted by molar-refractivity contribution is -0.386. The molecule has 0 amide bonds. The largest absolute Gasteiger partial charge is 0.417 e. The standard InChI is InChI=1S/C9H12NO5PS/c1-7-5-4-6-8(9(7)10(11)12)15-16(17,13-2)14-3/h4-6H,1-3H3. The number of hydrogen-bond acceptors (Lipinski definition) is 6. The zero-order chi connectivity index (χ0) is 13.1. The van der Waals surface area contributed by atoms with Crippen molar-refractivity contribution >= 4 is 24.2 Å². The summed E-state index contributed by atoms with van der Waals surface area (Å²) in [4.78, 5) is 10.4. The van der Waals surface area contributed by atoms with Gasteiger partial charge in [0.25, 0.3) is 0 Å². The Morgan fingerprint density at radius 1 is 1.35 bits per heavy atom. The molecule has 0 saturated carbocycles. The van der Waals surface area contributed by atoms with Gasteiger partial charge in [0.05, 0.1) is 4.92 Å². The third kappa shape index (κ3) is 3.23. The maximum absolute atomic E-state index is 10.9. The van der Waals surface area contributed by atoms with Crippen LogP contribution in [0.15, 0.2) is 18.2 Å². The molecule has 0 aliphatic carbocycles. The van der Waals surface area contributed by atoms with Crippen molar-refractivity contribution in [2.75, 3.05) is 14.2 Å². The summed E-state index contributed by atoms with van der Waals surface area (Å²) >= 11 is 5.00. The summed E-state index contributed by atoms with van der Waals surface area (Å²) in [6.45, 7) is -1.34. The van der Waals surface area contributed by atoms with E-state index in [0.29, 0.717) is 5.56 Å². The second-order valence-electron chi connectivity index (χ2n) is 3.08. The van der Waals surface area contributed by atoms with Gasteiger partial charge in [0.1, 0.15) is 0 Å². The second kappa shape index (κ2) is 5.55. The highest BCUT2D eigenvalue weighted by atomic mass is 32.5. The van der Waals surface area contributed by atoms with Crippen molar-refractivity contribution in [3.63, 3.8) is 0 Å². The van der Waals surface area contributed by atoms with Gasteiger partial charge in [-0.1, -0.05) is 12.1 Å². The zero-order valence-corrected chi connectivity index (χ0v) is 11.3. The normalized spacial score (nSPS) is 11.2. The SMILES string of the molecule is COP(=S)(OC)Oc1cccc(C)c1[N+](=O)[O-].